The fourth-order valence-electron chi connectivity index (χ4n) is 13.3. The average molecular weight is 667 g/mol. The van der Waals surface area contributed by atoms with Gasteiger partial charge in [-0.1, -0.05) is 13.8 Å². The maximum Gasteiger partial charge on any atom is 0.317 e. The van der Waals surface area contributed by atoms with E-state index in [0.717, 1.165) is 51.4 Å². The zero-order valence-corrected chi connectivity index (χ0v) is 28.9. The van der Waals surface area contributed by atoms with Crippen LogP contribution >= 0.6 is 0 Å². The molecule has 0 aromatic rings. The van der Waals surface area contributed by atoms with Crippen molar-refractivity contribution < 1.29 is 54.8 Å². The number of hydrogen-bond donors (Lipinski definition) is 7. The first kappa shape index (κ1) is 34.6. The molecule has 0 bridgehead atoms. The van der Waals surface area contributed by atoms with E-state index in [9.17, 15) is 40.5 Å². The lowest BCUT2D eigenvalue weighted by atomic mass is 9.41. The largest absolute Gasteiger partial charge is 0.432 e. The molecule has 2 heterocycles. The molecule has 0 radical (unpaired) electrons. The molecule has 2 aliphatic heterocycles. The van der Waals surface area contributed by atoms with Crippen molar-refractivity contribution in [3.63, 3.8) is 0 Å². The summed E-state index contributed by atoms with van der Waals surface area (Å²) in [5, 5.41) is 74.9. The molecule has 0 amide bonds. The maximum atomic E-state index is 14.1. The molecule has 2 spiro atoms. The Labute approximate surface area is 278 Å². The zero-order valence-electron chi connectivity index (χ0n) is 28.9. The number of hydrogen-bond acceptors (Lipinski definition) is 11. The lowest BCUT2D eigenvalue weighted by Gasteiger charge is -2.64. The highest BCUT2D eigenvalue weighted by molar-refractivity contribution is 5.78. The number of aliphatic hydroxyl groups excluding tert-OH is 6. The lowest BCUT2D eigenvalue weighted by molar-refractivity contribution is -0.300. The van der Waals surface area contributed by atoms with Crippen LogP contribution in [0, 0.1) is 44.8 Å². The Balaban J connectivity index is 1.16. The zero-order chi connectivity index (χ0) is 34.3. The van der Waals surface area contributed by atoms with Crippen LogP contribution in [0.1, 0.15) is 106 Å². The number of rotatable bonds is 5. The van der Waals surface area contributed by atoms with Crippen molar-refractivity contribution >= 4 is 5.97 Å². The summed E-state index contributed by atoms with van der Waals surface area (Å²) in [7, 11) is 0. The van der Waals surface area contributed by atoms with E-state index in [1.165, 1.54) is 0 Å². The topological polar surface area (TPSA) is 186 Å². The molecule has 7 aliphatic rings. The SMILES string of the molecule is CC(C)(O)[C@H]1CC[C@@](C)([C@@H]2CC[C@]3(C)[C@H]4CC[C@H]5[C@](C)(C(=O)O[C@H]6O[C@@H](CO)[C@@H](O)[C@@H](O)[C@H]6O)[C@@H](O)C[C@@H](O)[C@]56C[C@]46CC[C@@]23C)O1. The van der Waals surface area contributed by atoms with Gasteiger partial charge in [0, 0.05) is 11.8 Å². The van der Waals surface area contributed by atoms with Gasteiger partial charge >= 0.3 is 5.97 Å². The van der Waals surface area contributed by atoms with Crippen molar-refractivity contribution in [2.24, 2.45) is 44.8 Å². The number of ether oxygens (including phenoxy) is 3. The van der Waals surface area contributed by atoms with Crippen molar-refractivity contribution in [3.8, 4) is 0 Å². The summed E-state index contributed by atoms with van der Waals surface area (Å²) in [4.78, 5) is 14.1. The molecule has 5 aliphatic carbocycles. The summed E-state index contributed by atoms with van der Waals surface area (Å²) < 4.78 is 18.0. The van der Waals surface area contributed by atoms with E-state index in [2.05, 4.69) is 20.8 Å². The van der Waals surface area contributed by atoms with Gasteiger partial charge in [0.2, 0.25) is 6.29 Å². The Morgan fingerprint density at radius 3 is 2.11 bits per heavy atom. The molecular weight excluding hydrogens is 608 g/mol. The molecule has 0 aromatic heterocycles. The predicted octanol–water partition coefficient (Wildman–Crippen LogP) is 1.79. The fraction of sp³-hybridized carbons (Fsp3) is 0.972. The highest BCUT2D eigenvalue weighted by Crippen LogP contribution is 2.89. The molecule has 7 N–H and O–H groups in total. The molecule has 2 saturated heterocycles. The van der Waals surface area contributed by atoms with E-state index in [1.807, 2.05) is 13.8 Å². The van der Waals surface area contributed by atoms with Crippen LogP contribution in [-0.2, 0) is 19.0 Å². The Morgan fingerprint density at radius 2 is 1.47 bits per heavy atom. The minimum Gasteiger partial charge on any atom is -0.432 e. The van der Waals surface area contributed by atoms with Gasteiger partial charge in [0.15, 0.2) is 0 Å². The van der Waals surface area contributed by atoms with Gasteiger partial charge in [0.05, 0.1) is 41.5 Å². The molecule has 11 heteroatoms. The van der Waals surface area contributed by atoms with Crippen molar-refractivity contribution in [2.45, 2.75) is 166 Å². The summed E-state index contributed by atoms with van der Waals surface area (Å²) in [5.41, 5.74) is -3.34. The Morgan fingerprint density at radius 1 is 0.809 bits per heavy atom. The van der Waals surface area contributed by atoms with E-state index in [1.54, 1.807) is 6.92 Å². The van der Waals surface area contributed by atoms with Gasteiger partial charge < -0.3 is 50.0 Å². The summed E-state index contributed by atoms with van der Waals surface area (Å²) >= 11 is 0. The molecule has 5 saturated carbocycles. The third-order valence-electron chi connectivity index (χ3n) is 16.1. The predicted molar refractivity (Wildman–Crippen MR) is 167 cm³/mol. The van der Waals surface area contributed by atoms with E-state index in [4.69, 9.17) is 14.2 Å². The van der Waals surface area contributed by atoms with Gasteiger partial charge in [-0.3, -0.25) is 4.79 Å². The second-order valence-corrected chi connectivity index (χ2v) is 18.2. The molecule has 7 fully saturated rings. The van der Waals surface area contributed by atoms with Crippen LogP contribution in [-0.4, -0.2) is 109 Å². The third kappa shape index (κ3) is 4.27. The number of esters is 1. The number of carbonyl (C=O) groups is 1. The molecule has 17 atom stereocenters. The molecule has 0 aromatic carbocycles. The van der Waals surface area contributed by atoms with Gasteiger partial charge in [-0.05, 0) is 119 Å². The van der Waals surface area contributed by atoms with Crippen LogP contribution < -0.4 is 0 Å². The van der Waals surface area contributed by atoms with Crippen LogP contribution in [0.15, 0.2) is 0 Å². The van der Waals surface area contributed by atoms with Crippen LogP contribution in [0.4, 0.5) is 0 Å². The highest BCUT2D eigenvalue weighted by Gasteiger charge is 2.86. The van der Waals surface area contributed by atoms with Crippen LogP contribution in [0.5, 0.6) is 0 Å². The summed E-state index contributed by atoms with van der Waals surface area (Å²) in [5.74, 6) is -0.461. The fourth-order valence-corrected chi connectivity index (χ4v) is 13.3. The summed E-state index contributed by atoms with van der Waals surface area (Å²) in [6.07, 6.45) is -1.93. The lowest BCUT2D eigenvalue weighted by Crippen LogP contribution is -2.65. The Bertz CT molecular complexity index is 1270. The van der Waals surface area contributed by atoms with Crippen molar-refractivity contribution in [2.75, 3.05) is 6.61 Å². The molecular formula is C36H58O11. The first-order valence-corrected chi connectivity index (χ1v) is 18.0. The molecule has 47 heavy (non-hydrogen) atoms. The van der Waals surface area contributed by atoms with Gasteiger partial charge in [0.1, 0.15) is 24.4 Å². The van der Waals surface area contributed by atoms with E-state index in [0.29, 0.717) is 18.3 Å². The monoisotopic (exact) mass is 666 g/mol. The first-order chi connectivity index (χ1) is 21.8. The third-order valence-corrected chi connectivity index (χ3v) is 16.1. The molecule has 7 rings (SSSR count). The second kappa shape index (κ2) is 10.6. The van der Waals surface area contributed by atoms with Crippen molar-refractivity contribution in [1.82, 2.24) is 0 Å². The normalized spacial score (nSPS) is 58.6. The van der Waals surface area contributed by atoms with Gasteiger partial charge in [-0.15, -0.1) is 0 Å². The molecule has 0 unspecified atom stereocenters. The number of aliphatic hydroxyl groups is 7. The second-order valence-electron chi connectivity index (χ2n) is 18.2. The summed E-state index contributed by atoms with van der Waals surface area (Å²) in [6.45, 7) is 11.9. The van der Waals surface area contributed by atoms with Gasteiger partial charge in [-0.25, -0.2) is 0 Å². The van der Waals surface area contributed by atoms with E-state index >= 15 is 0 Å². The van der Waals surface area contributed by atoms with Gasteiger partial charge in [-0.2, -0.15) is 0 Å². The Kier molecular flexibility index (Phi) is 7.77. The first-order valence-electron chi connectivity index (χ1n) is 18.0. The van der Waals surface area contributed by atoms with Crippen LogP contribution in [0.2, 0.25) is 0 Å². The van der Waals surface area contributed by atoms with E-state index < -0.39 is 71.9 Å². The van der Waals surface area contributed by atoms with Gasteiger partial charge in [0.25, 0.3) is 0 Å². The van der Waals surface area contributed by atoms with Crippen LogP contribution in [0.25, 0.3) is 0 Å². The number of fused-ring (bicyclic) bond motifs is 2. The number of carbonyl (C=O) groups excluding carboxylic acids is 1. The van der Waals surface area contributed by atoms with E-state index in [-0.39, 0.29) is 40.3 Å². The van der Waals surface area contributed by atoms with Crippen molar-refractivity contribution in [3.05, 3.63) is 0 Å². The maximum absolute atomic E-state index is 14.1. The van der Waals surface area contributed by atoms with Crippen molar-refractivity contribution in [1.29, 1.82) is 0 Å². The van der Waals surface area contributed by atoms with Crippen LogP contribution in [0.3, 0.4) is 0 Å². The summed E-state index contributed by atoms with van der Waals surface area (Å²) in [6, 6.07) is 0. The molecule has 11 nitrogen and oxygen atoms in total. The smallest absolute Gasteiger partial charge is 0.317 e. The Hall–Kier alpha value is -0.890. The average Bonchev–Trinajstić information content (AvgIpc) is 3.39. The minimum absolute atomic E-state index is 0.00719. The quantitative estimate of drug-likeness (QED) is 0.212. The molecule has 268 valence electrons. The minimum atomic E-state index is -1.74. The standard InChI is InChI=1S/C36H58O11/c1-30(2,44)24-10-12-33(5,47-24)19-9-11-31(3)20-7-8-21-34(6,29(43)46-28-27(42)26(41)25(40)18(16-37)45-28)22(38)15-23(39)36(21)17-35(20,36)14-13-32(19,31)4/h18-28,37-42,44H,7-17H2,1-6H3/t18-,19+,20+,21-,22-,23+,24+,25+,26+,27+,28+,31+,32-,33-,34-,35+,36-/m0/s1. The highest BCUT2D eigenvalue weighted by atomic mass is 16.7.